The van der Waals surface area contributed by atoms with E-state index in [9.17, 15) is 24.0 Å². The Bertz CT molecular complexity index is 2270. The van der Waals surface area contributed by atoms with Crippen molar-refractivity contribution in [2.24, 2.45) is 118 Å². The van der Waals surface area contributed by atoms with E-state index in [0.29, 0.717) is 90.3 Å². The molecule has 1 heterocycles. The van der Waals surface area contributed by atoms with Crippen molar-refractivity contribution in [3.05, 3.63) is 0 Å². The van der Waals surface area contributed by atoms with Crippen molar-refractivity contribution in [3.8, 4) is 0 Å². The molecule has 6 nitrogen and oxygen atoms in total. The number of rotatable bonds is 9. The van der Waals surface area contributed by atoms with E-state index >= 15 is 0 Å². The lowest BCUT2D eigenvalue weighted by atomic mass is 9.74. The molecular weight excluding hydrogens is 1320 g/mol. The summed E-state index contributed by atoms with van der Waals surface area (Å²) in [5.74, 6) is 8.00. The van der Waals surface area contributed by atoms with E-state index in [1.165, 1.54) is 135 Å². The minimum atomic E-state index is -0.139. The Labute approximate surface area is 682 Å². The number of ether oxygens (including phenoxy) is 1. The molecule has 6 heteroatoms. The van der Waals surface area contributed by atoms with Gasteiger partial charge in [-0.25, -0.2) is 0 Å². The van der Waals surface area contributed by atoms with Crippen molar-refractivity contribution >= 4 is 28.9 Å². The molecule has 648 valence electrons. The second-order valence-electron chi connectivity index (χ2n) is 50.2. The van der Waals surface area contributed by atoms with Crippen molar-refractivity contribution in [2.45, 2.75) is 504 Å². The van der Waals surface area contributed by atoms with Gasteiger partial charge in [-0.1, -0.05) is 382 Å². The van der Waals surface area contributed by atoms with Gasteiger partial charge in [0.15, 0.2) is 0 Å². The lowest BCUT2D eigenvalue weighted by molar-refractivity contribution is -0.131. The van der Waals surface area contributed by atoms with Crippen LogP contribution >= 0.6 is 0 Å². The molecule has 1 unspecified atom stereocenters. The summed E-state index contributed by atoms with van der Waals surface area (Å²) in [6, 6.07) is 0. The van der Waals surface area contributed by atoms with Crippen molar-refractivity contribution in [2.75, 3.05) is 6.61 Å². The largest absolute Gasteiger partial charge is 0.378 e. The molecule has 0 N–H and O–H groups in total. The topological polar surface area (TPSA) is 94.6 Å². The molecule has 0 radical (unpaired) electrons. The zero-order valence-electron chi connectivity index (χ0n) is 82.9. The van der Waals surface area contributed by atoms with Crippen LogP contribution in [0.15, 0.2) is 0 Å². The maximum Gasteiger partial charge on any atom is 0.141 e. The number of Topliss-reactive ketones (excluding diaryl/α,β-unsaturated/α-hetero) is 5. The summed E-state index contributed by atoms with van der Waals surface area (Å²) >= 11 is 0. The predicted octanol–water partition coefficient (Wildman–Crippen LogP) is 33.1. The maximum absolute atomic E-state index is 11.8. The number of hydrogen-bond acceptors (Lipinski definition) is 6. The standard InChI is InChI=1S/C11H20O.C10H18O.C9H18O.2C9H18.C9H20.C8H14O.C8H16O.C8H16.C8H18.C7H16.C6H12O/c1-11(2,3)10(12)9-7-5-4-6-8-9;1-10(2,3)9(11)8-6-4-5-7-8;1-9(2,3)7-8-5-4-6-10-8;1-9(2,3)7-8-5-4-6-8;1-9(2,3)8-6-4-5-7-8;1-8(2,3)7-9(4,5)6;1-8(2,3)7(9)6-4-5-6;1-5-6-7(9)8(2,3)4;1-8(2,3)6-7-4-5-7;1-7(2)6-8(3,4)5;1-6(2)7(3,4)5;1-5(7)6(2,3)4/h9H,4-8H2,1-3H3;8H,4-7H2,1-3H3;8H,4-7H2,1-3H3;2*8H,4-7H2,1-3H3;7H2,1-6H3;6H,4-5H2,1-3H3;5-6H2,1-4H3;7H,4-6H2,1-3H3;7H,6H2,1-5H3;6H,1-5H3;1-4H3. The quantitative estimate of drug-likeness (QED) is 0.228. The second-order valence-corrected chi connectivity index (χ2v) is 50.2. The third-order valence-electron chi connectivity index (χ3n) is 21.2. The van der Waals surface area contributed by atoms with Gasteiger partial charge in [0.1, 0.15) is 28.9 Å². The minimum Gasteiger partial charge on any atom is -0.378 e. The number of carbonyl (C=O) groups excluding carboxylic acids is 5. The van der Waals surface area contributed by atoms with Gasteiger partial charge < -0.3 is 4.74 Å². The summed E-state index contributed by atoms with van der Waals surface area (Å²) in [4.78, 5) is 56.2. The van der Waals surface area contributed by atoms with E-state index in [2.05, 4.69) is 194 Å². The smallest absolute Gasteiger partial charge is 0.141 e. The molecule has 0 aromatic heterocycles. The Balaban J connectivity index is -0.000000358. The third kappa shape index (κ3) is 74.4. The minimum absolute atomic E-state index is 0.0961. The fourth-order valence-corrected chi connectivity index (χ4v) is 14.2. The van der Waals surface area contributed by atoms with E-state index in [1.807, 2.05) is 111 Å². The van der Waals surface area contributed by atoms with Gasteiger partial charge in [-0.3, -0.25) is 24.0 Å². The first-order valence-corrected chi connectivity index (χ1v) is 45.2. The van der Waals surface area contributed by atoms with Gasteiger partial charge in [-0.05, 0) is 183 Å². The highest BCUT2D eigenvalue weighted by Gasteiger charge is 2.37. The van der Waals surface area contributed by atoms with Crippen LogP contribution in [-0.4, -0.2) is 41.6 Å². The SMILES string of the molecule is CC(=O)C(C)(C)C.CC(C)(C)C(=O)C1CC1.CC(C)(C)C(=O)C1CCCC1.CC(C)(C)C(=O)C1CCCCC1.CC(C)(C)C1CCCC1.CC(C)(C)CC(C)(C)C.CC(C)(C)CC1CC1.CC(C)(C)CC1CCC1.CC(C)(C)CC1CCCO1.CC(C)C(C)(C)C.CC(C)CC(C)(C)C.CCCC(=O)C(C)(C)C. The molecular formula is C102H204O6. The molecule has 6 saturated carbocycles. The highest BCUT2D eigenvalue weighted by Crippen LogP contribution is 2.42. The van der Waals surface area contributed by atoms with Gasteiger partial charge in [0, 0.05) is 57.9 Å². The molecule has 0 aromatic carbocycles. The van der Waals surface area contributed by atoms with E-state index in [1.54, 1.807) is 6.92 Å². The summed E-state index contributed by atoms with van der Waals surface area (Å²) in [6.07, 6.45) is 38.0. The Kier molecular flexibility index (Phi) is 54.7. The van der Waals surface area contributed by atoms with Crippen LogP contribution in [-0.2, 0) is 28.7 Å². The molecule has 0 bridgehead atoms. The summed E-state index contributed by atoms with van der Waals surface area (Å²) in [6.45, 7) is 98.7. The highest BCUT2D eigenvalue weighted by molar-refractivity contribution is 5.88. The number of carbonyl (C=O) groups is 5. The molecule has 1 aliphatic heterocycles. The van der Waals surface area contributed by atoms with Crippen LogP contribution in [0.4, 0.5) is 0 Å². The maximum atomic E-state index is 11.8. The first kappa shape index (κ1) is 115. The lowest BCUT2D eigenvalue weighted by Crippen LogP contribution is -2.29. The van der Waals surface area contributed by atoms with Gasteiger partial charge in [-0.2, -0.15) is 0 Å². The van der Waals surface area contributed by atoms with Crippen molar-refractivity contribution < 1.29 is 28.7 Å². The molecule has 1 atom stereocenters. The van der Waals surface area contributed by atoms with Gasteiger partial charge in [-0.15, -0.1) is 0 Å². The molecule has 108 heavy (non-hydrogen) atoms. The second kappa shape index (κ2) is 51.4. The highest BCUT2D eigenvalue weighted by atomic mass is 16.5. The van der Waals surface area contributed by atoms with Crippen LogP contribution in [0.25, 0.3) is 0 Å². The predicted molar refractivity (Wildman–Crippen MR) is 484 cm³/mol. The molecule has 0 spiro atoms. The average molecular weight is 1530 g/mol. The summed E-state index contributed by atoms with van der Waals surface area (Å²) in [5.41, 5.74) is 3.57. The molecule has 7 fully saturated rings. The molecule has 1 saturated heterocycles. The van der Waals surface area contributed by atoms with Crippen LogP contribution < -0.4 is 0 Å². The summed E-state index contributed by atoms with van der Waals surface area (Å²) < 4.78 is 5.53. The first-order chi connectivity index (χ1) is 47.9. The fourth-order valence-electron chi connectivity index (χ4n) is 14.2. The van der Waals surface area contributed by atoms with E-state index in [4.69, 9.17) is 4.74 Å². The normalized spacial score (nSPS) is 18.6. The Morgan fingerprint density at radius 1 is 0.333 bits per heavy atom. The van der Waals surface area contributed by atoms with Crippen molar-refractivity contribution in [3.63, 3.8) is 0 Å². The van der Waals surface area contributed by atoms with Crippen molar-refractivity contribution in [1.82, 2.24) is 0 Å². The summed E-state index contributed by atoms with van der Waals surface area (Å²) in [7, 11) is 0. The van der Waals surface area contributed by atoms with E-state index < -0.39 is 0 Å². The Morgan fingerprint density at radius 2 is 0.639 bits per heavy atom. The molecule has 7 aliphatic rings. The monoisotopic (exact) mass is 1530 g/mol. The van der Waals surface area contributed by atoms with E-state index in [-0.39, 0.29) is 32.9 Å². The van der Waals surface area contributed by atoms with Gasteiger partial charge in [0.25, 0.3) is 0 Å². The van der Waals surface area contributed by atoms with E-state index in [0.717, 1.165) is 87.6 Å². The zero-order chi connectivity index (χ0) is 86.5. The molecule has 7 rings (SSSR count). The zero-order valence-corrected chi connectivity index (χ0v) is 82.9. The third-order valence-corrected chi connectivity index (χ3v) is 21.2. The van der Waals surface area contributed by atoms with Gasteiger partial charge >= 0.3 is 0 Å². The number of hydrogen-bond donors (Lipinski definition) is 0. The Morgan fingerprint density at radius 3 is 0.769 bits per heavy atom. The van der Waals surface area contributed by atoms with Crippen LogP contribution in [0.3, 0.4) is 0 Å². The average Bonchev–Trinajstić information content (AvgIpc) is 1.70. The Hall–Kier alpha value is -1.69. The lowest BCUT2D eigenvalue weighted by Gasteiger charge is -2.31. The number of ketones is 5. The van der Waals surface area contributed by atoms with Crippen LogP contribution in [0.2, 0.25) is 0 Å². The first-order valence-electron chi connectivity index (χ1n) is 45.2. The molecule has 0 amide bonds. The van der Waals surface area contributed by atoms with Gasteiger partial charge in [0.2, 0.25) is 0 Å². The van der Waals surface area contributed by atoms with Crippen LogP contribution in [0, 0.1) is 118 Å². The van der Waals surface area contributed by atoms with Crippen molar-refractivity contribution in [1.29, 1.82) is 0 Å². The fraction of sp³-hybridized carbons (Fsp3) is 0.951. The van der Waals surface area contributed by atoms with Crippen LogP contribution in [0.5, 0.6) is 0 Å². The molecule has 0 aromatic rings. The van der Waals surface area contributed by atoms with Gasteiger partial charge in [0.05, 0.1) is 6.10 Å². The molecule has 6 aliphatic carbocycles. The van der Waals surface area contributed by atoms with Crippen LogP contribution in [0.1, 0.15) is 498 Å². The summed E-state index contributed by atoms with van der Waals surface area (Å²) in [5, 5.41) is 0.